The number of rotatable bonds is 2. The lowest BCUT2D eigenvalue weighted by Crippen LogP contribution is -1.99. The summed E-state index contributed by atoms with van der Waals surface area (Å²) in [5, 5.41) is 13.9. The van der Waals surface area contributed by atoms with Crippen LogP contribution in [0.1, 0.15) is 10.4 Å². The number of fused-ring (bicyclic) bond motifs is 1. The zero-order chi connectivity index (χ0) is 11.0. The van der Waals surface area contributed by atoms with Crippen molar-refractivity contribution in [1.29, 1.82) is 0 Å². The molecule has 1 aromatic heterocycles. The van der Waals surface area contributed by atoms with Crippen molar-refractivity contribution in [1.82, 2.24) is 9.78 Å². The van der Waals surface area contributed by atoms with E-state index in [4.69, 9.17) is 9.84 Å². The van der Waals surface area contributed by atoms with E-state index in [1.807, 2.05) is 0 Å². The molecule has 1 heterocycles. The third-order valence-electron chi connectivity index (χ3n) is 2.17. The number of ether oxygens (including phenoxy) is 1. The maximum Gasteiger partial charge on any atom is 0.339 e. The lowest BCUT2D eigenvalue weighted by atomic mass is 10.1. The first-order chi connectivity index (χ1) is 7.11. The van der Waals surface area contributed by atoms with Crippen molar-refractivity contribution in [2.75, 3.05) is 7.11 Å². The van der Waals surface area contributed by atoms with Gasteiger partial charge in [0.05, 0.1) is 12.6 Å². The second-order valence-electron chi connectivity index (χ2n) is 3.22. The van der Waals surface area contributed by atoms with Gasteiger partial charge >= 0.3 is 5.97 Å². The largest absolute Gasteiger partial charge is 0.496 e. The van der Waals surface area contributed by atoms with Crippen molar-refractivity contribution in [3.05, 3.63) is 23.9 Å². The summed E-state index contributed by atoms with van der Waals surface area (Å²) in [5.74, 6) is -0.675. The van der Waals surface area contributed by atoms with Gasteiger partial charge in [0.1, 0.15) is 11.3 Å². The van der Waals surface area contributed by atoms with Crippen molar-refractivity contribution in [3.8, 4) is 5.75 Å². The van der Waals surface area contributed by atoms with Gasteiger partial charge < -0.3 is 9.84 Å². The molecule has 2 rings (SSSR count). The molecule has 0 bridgehead atoms. The van der Waals surface area contributed by atoms with Crippen LogP contribution in [0.15, 0.2) is 18.3 Å². The molecule has 0 aliphatic rings. The molecule has 1 N–H and O–H groups in total. The minimum Gasteiger partial charge on any atom is -0.496 e. The fourth-order valence-electron chi connectivity index (χ4n) is 1.51. The number of carboxylic acids is 1. The fourth-order valence-corrected chi connectivity index (χ4v) is 1.51. The molecule has 0 spiro atoms. The SMILES string of the molecule is COc1cc2nn(C)cc2cc1C(=O)O. The zero-order valence-electron chi connectivity index (χ0n) is 8.39. The molecule has 0 radical (unpaired) electrons. The molecule has 5 heteroatoms. The van der Waals surface area contributed by atoms with Gasteiger partial charge in [-0.1, -0.05) is 0 Å². The highest BCUT2D eigenvalue weighted by molar-refractivity contribution is 5.96. The van der Waals surface area contributed by atoms with Gasteiger partial charge in [-0.05, 0) is 6.07 Å². The number of aryl methyl sites for hydroxylation is 1. The molecule has 0 aliphatic heterocycles. The molecule has 0 saturated carbocycles. The highest BCUT2D eigenvalue weighted by Crippen LogP contribution is 2.24. The van der Waals surface area contributed by atoms with Crippen LogP contribution >= 0.6 is 0 Å². The quantitative estimate of drug-likeness (QED) is 0.803. The van der Waals surface area contributed by atoms with Gasteiger partial charge in [0.25, 0.3) is 0 Å². The van der Waals surface area contributed by atoms with Crippen LogP contribution in [0.3, 0.4) is 0 Å². The molecule has 0 saturated heterocycles. The van der Waals surface area contributed by atoms with Crippen molar-refractivity contribution in [2.24, 2.45) is 7.05 Å². The van der Waals surface area contributed by atoms with E-state index in [0.717, 1.165) is 10.9 Å². The topological polar surface area (TPSA) is 64.4 Å². The smallest absolute Gasteiger partial charge is 0.339 e. The van der Waals surface area contributed by atoms with Crippen LogP contribution in [-0.2, 0) is 7.05 Å². The maximum absolute atomic E-state index is 10.9. The molecule has 5 nitrogen and oxygen atoms in total. The summed E-state index contributed by atoms with van der Waals surface area (Å²) in [6.45, 7) is 0. The molecule has 1 aromatic carbocycles. The van der Waals surface area contributed by atoms with E-state index in [0.29, 0.717) is 5.75 Å². The number of carboxylic acid groups (broad SMARTS) is 1. The number of benzene rings is 1. The third kappa shape index (κ3) is 1.52. The molecule has 0 atom stereocenters. The maximum atomic E-state index is 10.9. The summed E-state index contributed by atoms with van der Waals surface area (Å²) < 4.78 is 6.63. The van der Waals surface area contributed by atoms with Gasteiger partial charge in [-0.25, -0.2) is 4.79 Å². The molecule has 78 valence electrons. The molecule has 0 aliphatic carbocycles. The van der Waals surface area contributed by atoms with Crippen molar-refractivity contribution >= 4 is 16.9 Å². The van der Waals surface area contributed by atoms with E-state index in [2.05, 4.69) is 5.10 Å². The normalized spacial score (nSPS) is 10.5. The molecule has 0 unspecified atom stereocenters. The summed E-state index contributed by atoms with van der Waals surface area (Å²) in [6, 6.07) is 3.18. The predicted octanol–water partition coefficient (Wildman–Crippen LogP) is 1.28. The first-order valence-corrected chi connectivity index (χ1v) is 4.36. The van der Waals surface area contributed by atoms with Crippen molar-refractivity contribution < 1.29 is 14.6 Å². The van der Waals surface area contributed by atoms with Gasteiger partial charge in [0.15, 0.2) is 0 Å². The van der Waals surface area contributed by atoms with Gasteiger partial charge in [-0.2, -0.15) is 5.10 Å². The number of carbonyl (C=O) groups is 1. The Bertz CT molecular complexity index is 531. The number of nitrogens with zero attached hydrogens (tertiary/aromatic N) is 2. The van der Waals surface area contributed by atoms with Crippen LogP contribution in [0.4, 0.5) is 0 Å². The molecule has 0 fully saturated rings. The van der Waals surface area contributed by atoms with E-state index in [9.17, 15) is 4.79 Å². The first kappa shape index (κ1) is 9.51. The Morgan fingerprint density at radius 1 is 1.53 bits per heavy atom. The minimum absolute atomic E-state index is 0.151. The fraction of sp³-hybridized carbons (Fsp3) is 0.200. The lowest BCUT2D eigenvalue weighted by Gasteiger charge is -2.03. The average Bonchev–Trinajstić information content (AvgIpc) is 2.54. The monoisotopic (exact) mass is 206 g/mol. The number of hydrogen-bond donors (Lipinski definition) is 1. The Morgan fingerprint density at radius 2 is 2.27 bits per heavy atom. The summed E-state index contributed by atoms with van der Waals surface area (Å²) in [6.07, 6.45) is 1.77. The van der Waals surface area contributed by atoms with Crippen molar-refractivity contribution in [2.45, 2.75) is 0 Å². The van der Waals surface area contributed by atoms with Crippen LogP contribution in [0.5, 0.6) is 5.75 Å². The van der Waals surface area contributed by atoms with Crippen LogP contribution in [-0.4, -0.2) is 28.0 Å². The molecule has 15 heavy (non-hydrogen) atoms. The Morgan fingerprint density at radius 3 is 2.87 bits per heavy atom. The van der Waals surface area contributed by atoms with E-state index in [1.165, 1.54) is 7.11 Å². The Kier molecular flexibility index (Phi) is 2.07. The molecule has 2 aromatic rings. The average molecular weight is 206 g/mol. The Labute approximate surface area is 85.9 Å². The van der Waals surface area contributed by atoms with Gasteiger partial charge in [-0.15, -0.1) is 0 Å². The van der Waals surface area contributed by atoms with Crippen molar-refractivity contribution in [3.63, 3.8) is 0 Å². The van der Waals surface area contributed by atoms with Crippen LogP contribution < -0.4 is 4.74 Å². The Hall–Kier alpha value is -2.04. The number of methoxy groups -OCH3 is 1. The lowest BCUT2D eigenvalue weighted by molar-refractivity contribution is 0.0693. The summed E-state index contributed by atoms with van der Waals surface area (Å²) >= 11 is 0. The predicted molar refractivity (Wildman–Crippen MR) is 54.2 cm³/mol. The third-order valence-corrected chi connectivity index (χ3v) is 2.17. The van der Waals surface area contributed by atoms with E-state index in [-0.39, 0.29) is 5.56 Å². The standard InChI is InChI=1S/C10H10N2O3/c1-12-5-6-3-7(10(13)14)9(15-2)4-8(6)11-12/h3-5H,1-2H3,(H,13,14). The number of aromatic nitrogens is 2. The Balaban J connectivity index is 2.73. The van der Waals surface area contributed by atoms with Crippen LogP contribution in [0, 0.1) is 0 Å². The minimum atomic E-state index is -1.00. The zero-order valence-corrected chi connectivity index (χ0v) is 8.39. The van der Waals surface area contributed by atoms with Crippen LogP contribution in [0.25, 0.3) is 10.9 Å². The van der Waals surface area contributed by atoms with Gasteiger partial charge in [0, 0.05) is 24.7 Å². The highest BCUT2D eigenvalue weighted by atomic mass is 16.5. The second kappa shape index (κ2) is 3.27. The summed E-state index contributed by atoms with van der Waals surface area (Å²) in [7, 11) is 3.23. The van der Waals surface area contributed by atoms with Gasteiger partial charge in [-0.3, -0.25) is 4.68 Å². The second-order valence-corrected chi connectivity index (χ2v) is 3.22. The molecular weight excluding hydrogens is 196 g/mol. The molecule has 0 amide bonds. The van der Waals surface area contributed by atoms with E-state index in [1.54, 1.807) is 30.1 Å². The first-order valence-electron chi connectivity index (χ1n) is 4.36. The number of hydrogen-bond acceptors (Lipinski definition) is 3. The highest BCUT2D eigenvalue weighted by Gasteiger charge is 2.13. The van der Waals surface area contributed by atoms with E-state index < -0.39 is 5.97 Å². The number of aromatic carboxylic acids is 1. The van der Waals surface area contributed by atoms with Gasteiger partial charge in [0.2, 0.25) is 0 Å². The summed E-state index contributed by atoms with van der Waals surface area (Å²) in [4.78, 5) is 10.9. The summed E-state index contributed by atoms with van der Waals surface area (Å²) in [5.41, 5.74) is 0.873. The molecular formula is C10H10N2O3. The van der Waals surface area contributed by atoms with E-state index >= 15 is 0 Å². The van der Waals surface area contributed by atoms with Crippen LogP contribution in [0.2, 0.25) is 0 Å².